The summed E-state index contributed by atoms with van der Waals surface area (Å²) in [7, 11) is 0.577. The van der Waals surface area contributed by atoms with Gasteiger partial charge in [-0.05, 0) is 36.8 Å². The molecule has 0 amide bonds. The standard InChI is InChI=1S/C19H19NO3S/c1-14-3-5-15(6-4-14)12-24(21)13-19-20-11-18(23-19)16-7-9-17(22-2)10-8-16/h3-11H,12-13H2,1-2H3/t24-/m0/s1. The topological polar surface area (TPSA) is 52.3 Å². The van der Waals surface area contributed by atoms with Crippen LogP contribution < -0.4 is 4.74 Å². The summed E-state index contributed by atoms with van der Waals surface area (Å²) in [4.78, 5) is 4.24. The molecule has 5 heteroatoms. The van der Waals surface area contributed by atoms with Crippen LogP contribution in [-0.4, -0.2) is 16.3 Å². The van der Waals surface area contributed by atoms with Crippen molar-refractivity contribution < 1.29 is 13.4 Å². The molecule has 24 heavy (non-hydrogen) atoms. The fourth-order valence-electron chi connectivity index (χ4n) is 2.32. The second-order valence-corrected chi connectivity index (χ2v) is 7.02. The lowest BCUT2D eigenvalue weighted by Gasteiger charge is -2.02. The van der Waals surface area contributed by atoms with Gasteiger partial charge < -0.3 is 9.15 Å². The Bertz CT molecular complexity index is 823. The molecule has 0 fully saturated rings. The van der Waals surface area contributed by atoms with Crippen LogP contribution in [-0.2, 0) is 22.3 Å². The molecule has 0 aliphatic carbocycles. The number of rotatable bonds is 6. The highest BCUT2D eigenvalue weighted by Crippen LogP contribution is 2.23. The van der Waals surface area contributed by atoms with E-state index in [1.807, 2.05) is 55.5 Å². The molecule has 0 unspecified atom stereocenters. The van der Waals surface area contributed by atoms with Crippen LogP contribution >= 0.6 is 0 Å². The lowest BCUT2D eigenvalue weighted by Crippen LogP contribution is -1.99. The average Bonchev–Trinajstić information content (AvgIpc) is 3.05. The van der Waals surface area contributed by atoms with Gasteiger partial charge in [-0.1, -0.05) is 29.8 Å². The van der Waals surface area contributed by atoms with E-state index in [1.54, 1.807) is 13.3 Å². The summed E-state index contributed by atoms with van der Waals surface area (Å²) in [6.07, 6.45) is 1.67. The van der Waals surface area contributed by atoms with E-state index in [1.165, 1.54) is 5.56 Å². The quantitative estimate of drug-likeness (QED) is 0.677. The van der Waals surface area contributed by atoms with Gasteiger partial charge in [-0.2, -0.15) is 0 Å². The summed E-state index contributed by atoms with van der Waals surface area (Å²) >= 11 is 0. The van der Waals surface area contributed by atoms with E-state index in [4.69, 9.17) is 9.15 Å². The van der Waals surface area contributed by atoms with E-state index in [2.05, 4.69) is 4.98 Å². The normalized spacial score (nSPS) is 12.1. The van der Waals surface area contributed by atoms with Crippen molar-refractivity contribution in [1.29, 1.82) is 0 Å². The first-order valence-electron chi connectivity index (χ1n) is 7.63. The summed E-state index contributed by atoms with van der Waals surface area (Å²) in [6.45, 7) is 2.04. The first-order chi connectivity index (χ1) is 11.6. The highest BCUT2D eigenvalue weighted by atomic mass is 32.2. The Morgan fingerprint density at radius 1 is 1.04 bits per heavy atom. The second kappa shape index (κ2) is 7.45. The van der Waals surface area contributed by atoms with E-state index in [9.17, 15) is 4.21 Å². The van der Waals surface area contributed by atoms with Crippen molar-refractivity contribution in [1.82, 2.24) is 4.98 Å². The van der Waals surface area contributed by atoms with Crippen LogP contribution in [0.5, 0.6) is 5.75 Å². The summed E-state index contributed by atoms with van der Waals surface area (Å²) < 4.78 is 23.2. The number of nitrogens with zero attached hydrogens (tertiary/aromatic N) is 1. The van der Waals surface area contributed by atoms with Crippen LogP contribution in [0.1, 0.15) is 17.0 Å². The average molecular weight is 341 g/mol. The lowest BCUT2D eigenvalue weighted by molar-refractivity contribution is 0.415. The Labute approximate surface area is 144 Å². The van der Waals surface area contributed by atoms with Gasteiger partial charge in [-0.3, -0.25) is 4.21 Å². The molecule has 0 N–H and O–H groups in total. The number of oxazole rings is 1. The minimum atomic E-state index is -1.05. The number of aromatic nitrogens is 1. The largest absolute Gasteiger partial charge is 0.497 e. The first kappa shape index (κ1) is 16.5. The van der Waals surface area contributed by atoms with Crippen molar-refractivity contribution in [3.05, 3.63) is 71.7 Å². The summed E-state index contributed by atoms with van der Waals surface area (Å²) in [5.74, 6) is 2.76. The SMILES string of the molecule is COc1ccc(-c2cnc(C[S@@](=O)Cc3ccc(C)cc3)o2)cc1. The molecule has 0 bridgehead atoms. The molecule has 0 aliphatic rings. The van der Waals surface area contributed by atoms with Gasteiger partial charge in [0.2, 0.25) is 5.89 Å². The van der Waals surface area contributed by atoms with Crippen LogP contribution in [0.3, 0.4) is 0 Å². The van der Waals surface area contributed by atoms with Crippen LogP contribution in [0.4, 0.5) is 0 Å². The molecule has 1 atom stereocenters. The predicted octanol–water partition coefficient (Wildman–Crippen LogP) is 4.11. The smallest absolute Gasteiger partial charge is 0.207 e. The second-order valence-electron chi connectivity index (χ2n) is 5.56. The zero-order valence-electron chi connectivity index (χ0n) is 13.7. The molecule has 1 heterocycles. The maximum Gasteiger partial charge on any atom is 0.207 e. The Hall–Kier alpha value is -2.40. The van der Waals surface area contributed by atoms with Crippen LogP contribution in [0.2, 0.25) is 0 Å². The molecule has 2 aromatic carbocycles. The molecular formula is C19H19NO3S. The molecule has 0 aliphatic heterocycles. The van der Waals surface area contributed by atoms with Gasteiger partial charge in [0, 0.05) is 22.1 Å². The first-order valence-corrected chi connectivity index (χ1v) is 9.12. The van der Waals surface area contributed by atoms with Gasteiger partial charge in [-0.25, -0.2) is 4.98 Å². The number of aryl methyl sites for hydroxylation is 1. The Kier molecular flexibility index (Phi) is 5.11. The predicted molar refractivity (Wildman–Crippen MR) is 95.2 cm³/mol. The molecule has 0 saturated carbocycles. The van der Waals surface area contributed by atoms with Crippen LogP contribution in [0, 0.1) is 6.92 Å². The fourth-order valence-corrected chi connectivity index (χ4v) is 3.40. The highest BCUT2D eigenvalue weighted by Gasteiger charge is 2.10. The number of hydrogen-bond donors (Lipinski definition) is 0. The lowest BCUT2D eigenvalue weighted by atomic mass is 10.2. The zero-order chi connectivity index (χ0) is 16.9. The molecule has 3 rings (SSSR count). The Morgan fingerprint density at radius 2 is 1.75 bits per heavy atom. The number of benzene rings is 2. The van der Waals surface area contributed by atoms with E-state index in [0.29, 0.717) is 23.2 Å². The third-order valence-corrected chi connectivity index (χ3v) is 4.89. The minimum absolute atomic E-state index is 0.310. The van der Waals surface area contributed by atoms with Gasteiger partial charge in [0.25, 0.3) is 0 Å². The van der Waals surface area contributed by atoms with Crippen molar-refractivity contribution in [2.45, 2.75) is 18.4 Å². The van der Waals surface area contributed by atoms with E-state index in [0.717, 1.165) is 16.9 Å². The molecule has 1 aromatic heterocycles. The Balaban J connectivity index is 1.64. The number of methoxy groups -OCH3 is 1. The van der Waals surface area contributed by atoms with Gasteiger partial charge in [0.15, 0.2) is 5.76 Å². The number of ether oxygens (including phenoxy) is 1. The fraction of sp³-hybridized carbons (Fsp3) is 0.211. The van der Waals surface area contributed by atoms with Crippen molar-refractivity contribution >= 4 is 10.8 Å². The maximum absolute atomic E-state index is 12.3. The molecule has 3 aromatic rings. The van der Waals surface area contributed by atoms with E-state index >= 15 is 0 Å². The van der Waals surface area contributed by atoms with Gasteiger partial charge >= 0.3 is 0 Å². The summed E-state index contributed by atoms with van der Waals surface area (Å²) in [6, 6.07) is 15.6. The molecule has 0 saturated heterocycles. The highest BCUT2D eigenvalue weighted by molar-refractivity contribution is 7.83. The van der Waals surface area contributed by atoms with E-state index < -0.39 is 10.8 Å². The summed E-state index contributed by atoms with van der Waals surface area (Å²) in [5.41, 5.74) is 3.17. The zero-order valence-corrected chi connectivity index (χ0v) is 14.5. The molecule has 124 valence electrons. The van der Waals surface area contributed by atoms with Gasteiger partial charge in [-0.15, -0.1) is 0 Å². The van der Waals surface area contributed by atoms with Gasteiger partial charge in [0.1, 0.15) is 11.5 Å². The monoisotopic (exact) mass is 341 g/mol. The van der Waals surface area contributed by atoms with Crippen molar-refractivity contribution in [2.75, 3.05) is 7.11 Å². The van der Waals surface area contributed by atoms with E-state index in [-0.39, 0.29) is 0 Å². The van der Waals surface area contributed by atoms with Crippen LogP contribution in [0.15, 0.2) is 59.1 Å². The molecule has 4 nitrogen and oxygen atoms in total. The molecule has 0 radical (unpaired) electrons. The van der Waals surface area contributed by atoms with Gasteiger partial charge in [0.05, 0.1) is 13.3 Å². The van der Waals surface area contributed by atoms with Crippen molar-refractivity contribution in [3.8, 4) is 17.1 Å². The van der Waals surface area contributed by atoms with Crippen molar-refractivity contribution in [3.63, 3.8) is 0 Å². The summed E-state index contributed by atoms with van der Waals surface area (Å²) in [5, 5.41) is 0. The maximum atomic E-state index is 12.3. The van der Waals surface area contributed by atoms with Crippen LogP contribution in [0.25, 0.3) is 11.3 Å². The Morgan fingerprint density at radius 3 is 2.42 bits per heavy atom. The minimum Gasteiger partial charge on any atom is -0.497 e. The third-order valence-electron chi connectivity index (χ3n) is 3.66. The molecular weight excluding hydrogens is 322 g/mol. The third kappa shape index (κ3) is 4.11. The van der Waals surface area contributed by atoms with Crippen molar-refractivity contribution in [2.24, 2.45) is 0 Å². The molecule has 0 spiro atoms. The number of hydrogen-bond acceptors (Lipinski definition) is 4.